The third kappa shape index (κ3) is 4.69. The first-order valence-corrected chi connectivity index (χ1v) is 21.8. The molecule has 0 saturated heterocycles. The van der Waals surface area contributed by atoms with E-state index < -0.39 is 16.6 Å². The van der Waals surface area contributed by atoms with E-state index in [-0.39, 0.29) is 21.6 Å². The summed E-state index contributed by atoms with van der Waals surface area (Å²) in [7, 11) is -3.63. The lowest BCUT2D eigenvalue weighted by molar-refractivity contribution is -0.210. The first kappa shape index (κ1) is 31.3. The maximum Gasteiger partial charge on any atom is 0.192 e. The van der Waals surface area contributed by atoms with Gasteiger partial charge in [0, 0.05) is 18.6 Å². The van der Waals surface area contributed by atoms with Crippen molar-refractivity contribution in [1.82, 2.24) is 0 Å². The van der Waals surface area contributed by atoms with Gasteiger partial charge in [0.15, 0.2) is 16.6 Å². The molecule has 2 bridgehead atoms. The van der Waals surface area contributed by atoms with Crippen LogP contribution in [0.25, 0.3) is 0 Å². The average molecular weight is 565 g/mol. The summed E-state index contributed by atoms with van der Waals surface area (Å²) in [6.45, 7) is 33.0. The van der Waals surface area contributed by atoms with Gasteiger partial charge in [-0.05, 0) is 122 Å². The summed E-state index contributed by atoms with van der Waals surface area (Å²) >= 11 is 0. The van der Waals surface area contributed by atoms with Crippen molar-refractivity contribution in [3.63, 3.8) is 0 Å². The highest BCUT2D eigenvalue weighted by Gasteiger charge is 2.70. The van der Waals surface area contributed by atoms with Crippen molar-refractivity contribution < 1.29 is 14.0 Å². The second-order valence-corrected chi connectivity index (χ2v) is 28.0. The van der Waals surface area contributed by atoms with Crippen molar-refractivity contribution in [3.8, 4) is 0 Å². The minimum atomic E-state index is -1.88. The fourth-order valence-electron chi connectivity index (χ4n) is 9.20. The molecule has 4 rings (SSSR count). The first-order chi connectivity index (χ1) is 17.0. The Bertz CT molecular complexity index is 888. The number of rotatable bonds is 6. The summed E-state index contributed by atoms with van der Waals surface area (Å²) in [6.07, 6.45) is 9.95. The van der Waals surface area contributed by atoms with Crippen LogP contribution in [0.15, 0.2) is 0 Å². The third-order valence-corrected chi connectivity index (χ3v) is 23.4. The molecule has 1 spiro atoms. The first-order valence-electron chi connectivity index (χ1n) is 16.0. The van der Waals surface area contributed by atoms with Crippen LogP contribution in [-0.4, -0.2) is 41.1 Å². The van der Waals surface area contributed by atoms with E-state index >= 15 is 0 Å². The van der Waals surface area contributed by atoms with E-state index in [9.17, 15) is 5.11 Å². The van der Waals surface area contributed by atoms with Gasteiger partial charge in [-0.15, -0.1) is 0 Å². The van der Waals surface area contributed by atoms with Gasteiger partial charge in [-0.3, -0.25) is 0 Å². The summed E-state index contributed by atoms with van der Waals surface area (Å²) in [6, 6.07) is 0. The molecule has 0 aromatic heterocycles. The van der Waals surface area contributed by atoms with Crippen molar-refractivity contribution in [2.24, 2.45) is 39.4 Å². The van der Waals surface area contributed by atoms with Crippen molar-refractivity contribution in [3.05, 3.63) is 0 Å². The molecule has 3 nitrogen and oxygen atoms in total. The van der Waals surface area contributed by atoms with Crippen LogP contribution >= 0.6 is 0 Å². The molecule has 0 aromatic rings. The highest BCUT2D eigenvalue weighted by atomic mass is 28.4. The molecule has 8 atom stereocenters. The summed E-state index contributed by atoms with van der Waals surface area (Å²) < 4.78 is 13.8. The fraction of sp³-hybridized carbons (Fsp3) is 1.00. The van der Waals surface area contributed by atoms with Crippen LogP contribution < -0.4 is 0 Å². The summed E-state index contributed by atoms with van der Waals surface area (Å²) in [5.41, 5.74) is 0.909. The normalized spacial score (nSPS) is 44.1. The van der Waals surface area contributed by atoms with E-state index in [0.717, 1.165) is 31.5 Å². The van der Waals surface area contributed by atoms with Gasteiger partial charge in [0.25, 0.3) is 0 Å². The van der Waals surface area contributed by atoms with Crippen LogP contribution in [0.5, 0.6) is 0 Å². The van der Waals surface area contributed by atoms with Gasteiger partial charge < -0.3 is 14.0 Å². The van der Waals surface area contributed by atoms with Crippen LogP contribution in [0.3, 0.4) is 0 Å². The van der Waals surface area contributed by atoms with E-state index in [1.165, 1.54) is 44.9 Å². The molecule has 4 aliphatic carbocycles. The Morgan fingerprint density at radius 3 is 1.84 bits per heavy atom. The largest absolute Gasteiger partial charge is 0.416 e. The second-order valence-electron chi connectivity index (χ2n) is 18.3. The minimum Gasteiger partial charge on any atom is -0.416 e. The van der Waals surface area contributed by atoms with E-state index in [0.29, 0.717) is 22.2 Å². The predicted molar refractivity (Wildman–Crippen MR) is 166 cm³/mol. The molecule has 5 heteroatoms. The Morgan fingerprint density at radius 1 is 0.737 bits per heavy atom. The van der Waals surface area contributed by atoms with Crippen LogP contribution in [0.4, 0.5) is 0 Å². The summed E-state index contributed by atoms with van der Waals surface area (Å²) in [5, 5.41) is 12.0. The lowest BCUT2D eigenvalue weighted by atomic mass is 9.39. The standard InChI is InChI=1S/C33H64O3Si2/c1-28(2,3)37(10,11)35-22-30(7)18-19-33-21-25(30)20-24(33)14-15-26-31(8,27(34)16-17-32(26,33)9)23-36-38(12,13)29(4,5)6/h24-27,34H,14-23H2,1-13H3/t24-,25+,26-,27+,30+,31-,32-,33-/m1/s1. The zero-order valence-corrected chi connectivity index (χ0v) is 29.6. The summed E-state index contributed by atoms with van der Waals surface area (Å²) in [5.74, 6) is 2.18. The lowest BCUT2D eigenvalue weighted by Crippen LogP contribution is -2.63. The quantitative estimate of drug-likeness (QED) is 0.327. The maximum atomic E-state index is 11.6. The molecule has 222 valence electrons. The van der Waals surface area contributed by atoms with Gasteiger partial charge >= 0.3 is 0 Å². The topological polar surface area (TPSA) is 38.7 Å². The monoisotopic (exact) mass is 564 g/mol. The molecule has 0 heterocycles. The molecule has 4 fully saturated rings. The maximum absolute atomic E-state index is 11.6. The second kappa shape index (κ2) is 9.41. The molecular weight excluding hydrogens is 501 g/mol. The van der Waals surface area contributed by atoms with E-state index in [4.69, 9.17) is 8.85 Å². The molecule has 0 aromatic carbocycles. The molecule has 0 unspecified atom stereocenters. The Balaban J connectivity index is 1.57. The van der Waals surface area contributed by atoms with E-state index in [1.807, 2.05) is 0 Å². The molecule has 0 amide bonds. The van der Waals surface area contributed by atoms with E-state index in [2.05, 4.69) is 88.5 Å². The van der Waals surface area contributed by atoms with Gasteiger partial charge in [-0.2, -0.15) is 0 Å². The Labute approximate surface area is 238 Å². The SMILES string of the molecule is CC(C)(C)[Si](C)(C)OC[C@]1(C)CC[C@@]23C[C@@H]1C[C@H]2CC[C@@H]1[C@@](C)(CO[Si](C)(C)C(C)(C)C)[C@@H](O)CC[C@]13C. The molecule has 38 heavy (non-hydrogen) atoms. The number of hydrogen-bond donors (Lipinski definition) is 1. The van der Waals surface area contributed by atoms with Crippen molar-refractivity contribution in [2.45, 2.75) is 156 Å². The molecular formula is C33H64O3Si2. The number of hydrogen-bond acceptors (Lipinski definition) is 3. The Kier molecular flexibility index (Phi) is 7.74. The van der Waals surface area contributed by atoms with Crippen LogP contribution in [0.1, 0.15) is 114 Å². The molecule has 0 aliphatic heterocycles. The number of fused-ring (bicyclic) bond motifs is 2. The van der Waals surface area contributed by atoms with Gasteiger partial charge in [0.2, 0.25) is 0 Å². The fourth-order valence-corrected chi connectivity index (χ4v) is 11.4. The summed E-state index contributed by atoms with van der Waals surface area (Å²) in [4.78, 5) is 0. The molecule has 1 N–H and O–H groups in total. The van der Waals surface area contributed by atoms with Crippen LogP contribution in [0, 0.1) is 39.4 Å². The number of aliphatic hydroxyl groups is 1. The van der Waals surface area contributed by atoms with Gasteiger partial charge in [0.05, 0.1) is 6.10 Å². The molecule has 0 radical (unpaired) electrons. The lowest BCUT2D eigenvalue weighted by Gasteiger charge is -2.67. The Hall–Kier alpha value is 0.314. The highest BCUT2D eigenvalue weighted by molar-refractivity contribution is 6.74. The zero-order chi connectivity index (χ0) is 28.8. The zero-order valence-electron chi connectivity index (χ0n) is 27.6. The van der Waals surface area contributed by atoms with Crippen molar-refractivity contribution >= 4 is 16.6 Å². The smallest absolute Gasteiger partial charge is 0.192 e. The van der Waals surface area contributed by atoms with Crippen molar-refractivity contribution in [1.29, 1.82) is 0 Å². The highest BCUT2D eigenvalue weighted by Crippen LogP contribution is 2.76. The predicted octanol–water partition coefficient (Wildman–Crippen LogP) is 9.42. The van der Waals surface area contributed by atoms with E-state index in [1.54, 1.807) is 0 Å². The molecule has 4 saturated carbocycles. The van der Waals surface area contributed by atoms with Crippen molar-refractivity contribution in [2.75, 3.05) is 13.2 Å². The minimum absolute atomic E-state index is 0.146. The van der Waals surface area contributed by atoms with Crippen LogP contribution in [0.2, 0.25) is 36.3 Å². The molecule has 4 aliphatic rings. The Morgan fingerprint density at radius 2 is 1.29 bits per heavy atom. The third-order valence-electron chi connectivity index (χ3n) is 14.4. The number of aliphatic hydroxyl groups excluding tert-OH is 1. The van der Waals surface area contributed by atoms with Gasteiger partial charge in [-0.25, -0.2) is 0 Å². The van der Waals surface area contributed by atoms with Gasteiger partial charge in [0.1, 0.15) is 0 Å². The average Bonchev–Trinajstić information content (AvgIpc) is 3.13. The van der Waals surface area contributed by atoms with Crippen LogP contribution in [-0.2, 0) is 8.85 Å². The van der Waals surface area contributed by atoms with Gasteiger partial charge in [-0.1, -0.05) is 62.3 Å².